The second-order valence-corrected chi connectivity index (χ2v) is 7.55. The van der Waals surface area contributed by atoms with Crippen LogP contribution < -0.4 is 16.6 Å². The van der Waals surface area contributed by atoms with E-state index in [2.05, 4.69) is 10.4 Å². The summed E-state index contributed by atoms with van der Waals surface area (Å²) >= 11 is 12.0. The molecule has 1 amide bonds. The van der Waals surface area contributed by atoms with Crippen LogP contribution in [0.1, 0.15) is 29.9 Å². The van der Waals surface area contributed by atoms with Gasteiger partial charge in [-0.05, 0) is 49.7 Å². The van der Waals surface area contributed by atoms with Crippen molar-refractivity contribution in [3.8, 4) is 5.69 Å². The Labute approximate surface area is 176 Å². The van der Waals surface area contributed by atoms with Crippen LogP contribution >= 0.6 is 23.2 Å². The monoisotopic (exact) mass is 432 g/mol. The zero-order valence-electron chi connectivity index (χ0n) is 15.7. The van der Waals surface area contributed by atoms with Crippen LogP contribution in [-0.2, 0) is 6.54 Å². The van der Waals surface area contributed by atoms with Crippen molar-refractivity contribution < 1.29 is 4.79 Å². The van der Waals surface area contributed by atoms with Crippen LogP contribution in [0.2, 0.25) is 10.0 Å². The van der Waals surface area contributed by atoms with Crippen molar-refractivity contribution >= 4 is 29.1 Å². The second kappa shape index (κ2) is 8.63. The topological polar surface area (TPSA) is 86.0 Å². The molecular weight excluding hydrogens is 415 g/mol. The number of benzene rings is 2. The van der Waals surface area contributed by atoms with Crippen molar-refractivity contribution in [2.24, 2.45) is 0 Å². The maximum absolute atomic E-state index is 13.0. The van der Waals surface area contributed by atoms with E-state index in [1.165, 1.54) is 6.07 Å². The quantitative estimate of drug-likeness (QED) is 0.671. The van der Waals surface area contributed by atoms with Gasteiger partial charge in [-0.25, -0.2) is 4.79 Å². The minimum Gasteiger partial charge on any atom is -0.348 e. The lowest BCUT2D eigenvalue weighted by atomic mass is 10.2. The highest BCUT2D eigenvalue weighted by molar-refractivity contribution is 6.31. The second-order valence-electron chi connectivity index (χ2n) is 6.67. The van der Waals surface area contributed by atoms with Crippen molar-refractivity contribution in [3.63, 3.8) is 0 Å². The van der Waals surface area contributed by atoms with E-state index in [9.17, 15) is 14.4 Å². The molecule has 29 heavy (non-hydrogen) atoms. The van der Waals surface area contributed by atoms with Gasteiger partial charge in [0.15, 0.2) is 0 Å². The van der Waals surface area contributed by atoms with Gasteiger partial charge in [0.05, 0.1) is 12.2 Å². The van der Waals surface area contributed by atoms with Gasteiger partial charge < -0.3 is 5.32 Å². The largest absolute Gasteiger partial charge is 0.352 e. The first kappa shape index (κ1) is 20.8. The number of carbonyl (C=O) groups is 1. The Morgan fingerprint density at radius 2 is 1.72 bits per heavy atom. The number of rotatable bonds is 5. The maximum Gasteiger partial charge on any atom is 0.352 e. The highest BCUT2D eigenvalue weighted by Crippen LogP contribution is 2.13. The Bertz CT molecular complexity index is 1180. The molecule has 2 aromatic carbocycles. The first-order valence-electron chi connectivity index (χ1n) is 8.81. The summed E-state index contributed by atoms with van der Waals surface area (Å²) in [4.78, 5) is 38.5. The van der Waals surface area contributed by atoms with E-state index in [1.807, 2.05) is 0 Å². The standard InChI is InChI=1S/C20H18Cl2N4O3/c1-12(2)23-18(27)17-19(28)25(11-13-5-3-6-14(21)9-13)20(29)26(24-17)16-8-4-7-15(22)10-16/h3-10,12H,11H2,1-2H3,(H,23,27). The molecule has 0 spiro atoms. The molecule has 0 aliphatic rings. The van der Waals surface area contributed by atoms with Crippen LogP contribution in [0.25, 0.3) is 5.69 Å². The fraction of sp³-hybridized carbons (Fsp3) is 0.200. The van der Waals surface area contributed by atoms with Crippen molar-refractivity contribution in [1.82, 2.24) is 19.7 Å². The number of carbonyl (C=O) groups excluding carboxylic acids is 1. The Morgan fingerprint density at radius 3 is 2.34 bits per heavy atom. The average Bonchev–Trinajstić information content (AvgIpc) is 2.64. The van der Waals surface area contributed by atoms with Crippen molar-refractivity contribution in [2.75, 3.05) is 0 Å². The minimum atomic E-state index is -0.786. The normalized spacial score (nSPS) is 10.9. The van der Waals surface area contributed by atoms with Crippen LogP contribution in [0.5, 0.6) is 0 Å². The molecule has 150 valence electrons. The highest BCUT2D eigenvalue weighted by atomic mass is 35.5. The fourth-order valence-electron chi connectivity index (χ4n) is 2.72. The van der Waals surface area contributed by atoms with Crippen molar-refractivity contribution in [3.05, 3.63) is 90.7 Å². The maximum atomic E-state index is 13.0. The lowest BCUT2D eigenvalue weighted by Gasteiger charge is -2.13. The van der Waals surface area contributed by atoms with Gasteiger partial charge >= 0.3 is 5.69 Å². The molecule has 1 N–H and O–H groups in total. The summed E-state index contributed by atoms with van der Waals surface area (Å²) in [5, 5.41) is 7.52. The number of nitrogens with zero attached hydrogens (tertiary/aromatic N) is 3. The van der Waals surface area contributed by atoms with Gasteiger partial charge in [-0.1, -0.05) is 41.4 Å². The van der Waals surface area contributed by atoms with E-state index in [-0.39, 0.29) is 18.3 Å². The van der Waals surface area contributed by atoms with Crippen LogP contribution in [0.3, 0.4) is 0 Å². The predicted molar refractivity (Wildman–Crippen MR) is 112 cm³/mol. The summed E-state index contributed by atoms with van der Waals surface area (Å²) in [5.74, 6) is -0.666. The van der Waals surface area contributed by atoms with Crippen molar-refractivity contribution in [1.29, 1.82) is 0 Å². The molecule has 0 unspecified atom stereocenters. The Balaban J connectivity index is 2.22. The van der Waals surface area contributed by atoms with Gasteiger partial charge in [-0.15, -0.1) is 0 Å². The van der Waals surface area contributed by atoms with E-state index in [1.54, 1.807) is 56.3 Å². The molecule has 9 heteroatoms. The van der Waals surface area contributed by atoms with Gasteiger partial charge in [-0.2, -0.15) is 9.78 Å². The number of halogens is 2. The van der Waals surface area contributed by atoms with Crippen LogP contribution in [-0.4, -0.2) is 26.3 Å². The average molecular weight is 433 g/mol. The summed E-state index contributed by atoms with van der Waals surface area (Å²) in [7, 11) is 0. The lowest BCUT2D eigenvalue weighted by Crippen LogP contribution is -2.46. The number of amides is 1. The van der Waals surface area contributed by atoms with Gasteiger partial charge in [0, 0.05) is 16.1 Å². The van der Waals surface area contributed by atoms with Gasteiger partial charge in [0.2, 0.25) is 5.69 Å². The number of nitrogens with one attached hydrogen (secondary N) is 1. The van der Waals surface area contributed by atoms with Gasteiger partial charge in [0.25, 0.3) is 11.5 Å². The predicted octanol–water partition coefficient (Wildman–Crippen LogP) is 2.89. The molecule has 7 nitrogen and oxygen atoms in total. The molecule has 0 bridgehead atoms. The lowest BCUT2D eigenvalue weighted by molar-refractivity contribution is 0.0933. The molecule has 3 aromatic rings. The molecule has 0 saturated heterocycles. The molecule has 0 atom stereocenters. The van der Waals surface area contributed by atoms with Crippen molar-refractivity contribution in [2.45, 2.75) is 26.4 Å². The Kier molecular flexibility index (Phi) is 6.20. The van der Waals surface area contributed by atoms with E-state index >= 15 is 0 Å². The summed E-state index contributed by atoms with van der Waals surface area (Å²) < 4.78 is 1.95. The van der Waals surface area contributed by atoms with E-state index < -0.39 is 17.2 Å². The summed E-state index contributed by atoms with van der Waals surface area (Å²) in [6.45, 7) is 3.45. The summed E-state index contributed by atoms with van der Waals surface area (Å²) in [6.07, 6.45) is 0. The first-order chi connectivity index (χ1) is 13.8. The molecule has 1 aromatic heterocycles. The van der Waals surface area contributed by atoms with Crippen LogP contribution in [0.15, 0.2) is 58.1 Å². The zero-order chi connectivity index (χ0) is 21.1. The third-order valence-electron chi connectivity index (χ3n) is 3.98. The summed E-state index contributed by atoms with van der Waals surface area (Å²) in [6, 6.07) is 13.0. The zero-order valence-corrected chi connectivity index (χ0v) is 17.2. The number of aromatic nitrogens is 3. The van der Waals surface area contributed by atoms with Crippen LogP contribution in [0, 0.1) is 0 Å². The molecule has 0 aliphatic carbocycles. The molecule has 3 rings (SSSR count). The molecule has 0 aliphatic heterocycles. The van der Waals surface area contributed by atoms with Gasteiger partial charge in [0.1, 0.15) is 0 Å². The van der Waals surface area contributed by atoms with Crippen LogP contribution in [0.4, 0.5) is 0 Å². The fourth-order valence-corrected chi connectivity index (χ4v) is 3.12. The third-order valence-corrected chi connectivity index (χ3v) is 4.45. The molecule has 0 radical (unpaired) electrons. The third kappa shape index (κ3) is 4.75. The Hall–Kier alpha value is -2.90. The van der Waals surface area contributed by atoms with Gasteiger partial charge in [-0.3, -0.25) is 14.2 Å². The smallest absolute Gasteiger partial charge is 0.348 e. The van der Waals surface area contributed by atoms with E-state index in [0.29, 0.717) is 21.3 Å². The molecule has 0 fully saturated rings. The Morgan fingerprint density at radius 1 is 1.07 bits per heavy atom. The first-order valence-corrected chi connectivity index (χ1v) is 9.57. The SMILES string of the molecule is CC(C)NC(=O)c1nn(-c2cccc(Cl)c2)c(=O)n(Cc2cccc(Cl)c2)c1=O. The summed E-state index contributed by atoms with van der Waals surface area (Å²) in [5.41, 5.74) is -0.901. The number of hydrogen-bond donors (Lipinski definition) is 1. The molecule has 1 heterocycles. The molecular formula is C20H18Cl2N4O3. The van der Waals surface area contributed by atoms with E-state index in [0.717, 1.165) is 9.25 Å². The minimum absolute atomic E-state index is 0.0662. The highest BCUT2D eigenvalue weighted by Gasteiger charge is 2.21. The van der Waals surface area contributed by atoms with E-state index in [4.69, 9.17) is 23.2 Å². The molecule has 0 saturated carbocycles. The number of hydrogen-bond acceptors (Lipinski definition) is 4.